The summed E-state index contributed by atoms with van der Waals surface area (Å²) in [5.74, 6) is -0.564. The molecule has 0 saturated carbocycles. The van der Waals surface area contributed by atoms with Gasteiger partial charge in [0, 0.05) is 30.6 Å². The molecule has 1 aliphatic heterocycles. The topological polar surface area (TPSA) is 58.6 Å². The van der Waals surface area contributed by atoms with Gasteiger partial charge < -0.3 is 15.0 Å². The number of hydrogen-bond acceptors (Lipinski definition) is 5. The zero-order valence-electron chi connectivity index (χ0n) is 16.7. The summed E-state index contributed by atoms with van der Waals surface area (Å²) in [6, 6.07) is 13.2. The molecule has 0 spiro atoms. The monoisotopic (exact) mass is 440 g/mol. The van der Waals surface area contributed by atoms with Gasteiger partial charge in [0.25, 0.3) is 5.91 Å². The highest BCUT2D eigenvalue weighted by molar-refractivity contribution is 7.10. The first-order chi connectivity index (χ1) is 14.7. The van der Waals surface area contributed by atoms with Crippen LogP contribution in [0.3, 0.4) is 0 Å². The van der Waals surface area contributed by atoms with Crippen LogP contribution in [-0.2, 0) is 16.0 Å². The molecular formula is C23H24N2O3S2. The van der Waals surface area contributed by atoms with Gasteiger partial charge in [-0.05, 0) is 51.9 Å². The van der Waals surface area contributed by atoms with Gasteiger partial charge in [-0.25, -0.2) is 0 Å². The zero-order valence-corrected chi connectivity index (χ0v) is 18.4. The van der Waals surface area contributed by atoms with Crippen LogP contribution >= 0.6 is 22.7 Å². The lowest BCUT2D eigenvalue weighted by Crippen LogP contribution is -2.48. The maximum atomic E-state index is 13.4. The molecule has 0 fully saturated rings. The molecule has 1 aliphatic rings. The van der Waals surface area contributed by atoms with E-state index in [1.165, 1.54) is 5.56 Å². The molecule has 1 N–H and O–H groups in total. The molecule has 7 heteroatoms. The number of rotatable bonds is 8. The summed E-state index contributed by atoms with van der Waals surface area (Å²) in [5, 5.41) is 9.24. The van der Waals surface area contributed by atoms with Gasteiger partial charge in [-0.1, -0.05) is 24.3 Å². The Morgan fingerprint density at radius 1 is 1.17 bits per heavy atom. The van der Waals surface area contributed by atoms with Gasteiger partial charge in [0.2, 0.25) is 5.91 Å². The van der Waals surface area contributed by atoms with E-state index in [0.717, 1.165) is 16.9 Å². The van der Waals surface area contributed by atoms with Crippen molar-refractivity contribution < 1.29 is 14.3 Å². The number of thiophene rings is 2. The van der Waals surface area contributed by atoms with Crippen LogP contribution in [0, 0.1) is 0 Å². The second-order valence-electron chi connectivity index (χ2n) is 7.19. The Hall–Kier alpha value is -2.48. The molecule has 2 unspecified atom stereocenters. The van der Waals surface area contributed by atoms with Crippen molar-refractivity contribution in [1.82, 2.24) is 10.2 Å². The molecule has 0 radical (unpaired) electrons. The summed E-state index contributed by atoms with van der Waals surface area (Å²) in [4.78, 5) is 29.6. The second kappa shape index (κ2) is 9.55. The Kier molecular flexibility index (Phi) is 6.62. The predicted molar refractivity (Wildman–Crippen MR) is 120 cm³/mol. The van der Waals surface area contributed by atoms with E-state index >= 15 is 0 Å². The molecule has 0 bridgehead atoms. The van der Waals surface area contributed by atoms with Gasteiger partial charge >= 0.3 is 0 Å². The number of carbonyl (C=O) groups excluding carboxylic acids is 2. The Labute approximate surface area is 184 Å². The van der Waals surface area contributed by atoms with Gasteiger partial charge in [0.05, 0.1) is 18.6 Å². The number of amides is 2. The third kappa shape index (κ3) is 4.19. The fourth-order valence-electron chi connectivity index (χ4n) is 3.96. The van der Waals surface area contributed by atoms with Crippen LogP contribution in [0.25, 0.3) is 0 Å². The third-order valence-electron chi connectivity index (χ3n) is 5.39. The van der Waals surface area contributed by atoms with Crippen molar-refractivity contribution in [2.75, 3.05) is 26.8 Å². The van der Waals surface area contributed by atoms with Crippen molar-refractivity contribution in [3.8, 4) is 0 Å². The molecule has 2 amide bonds. The smallest absolute Gasteiger partial charge is 0.254 e. The van der Waals surface area contributed by atoms with Crippen molar-refractivity contribution in [3.05, 3.63) is 80.2 Å². The SMILES string of the molecule is COCCN1C(=O)c2ccccc2C(C(=O)NCCc2ccsc2)C1c1cccs1. The molecule has 1 aromatic carbocycles. The standard InChI is InChI=1S/C23H24N2O3S2/c1-28-12-11-25-21(19-7-4-13-30-19)20(17-5-2-3-6-18(17)23(25)27)22(26)24-10-8-16-9-14-29-15-16/h2-7,9,13-15,20-21H,8,10-12H2,1H3,(H,24,26). The normalized spacial score (nSPS) is 18.3. The number of benzene rings is 1. The van der Waals surface area contributed by atoms with Gasteiger partial charge in [0.15, 0.2) is 0 Å². The summed E-state index contributed by atoms with van der Waals surface area (Å²) < 4.78 is 5.26. The number of carbonyl (C=O) groups is 2. The Balaban J connectivity index is 1.67. The highest BCUT2D eigenvalue weighted by Crippen LogP contribution is 2.44. The Bertz CT molecular complexity index is 986. The summed E-state index contributed by atoms with van der Waals surface area (Å²) in [6.45, 7) is 1.42. The van der Waals surface area contributed by atoms with Gasteiger partial charge in [-0.15, -0.1) is 11.3 Å². The number of fused-ring (bicyclic) bond motifs is 1. The first-order valence-electron chi connectivity index (χ1n) is 9.91. The van der Waals surface area contributed by atoms with Crippen molar-refractivity contribution >= 4 is 34.5 Å². The molecule has 3 heterocycles. The summed E-state index contributed by atoms with van der Waals surface area (Å²) in [7, 11) is 1.62. The largest absolute Gasteiger partial charge is 0.383 e. The van der Waals surface area contributed by atoms with Crippen LogP contribution in [0.4, 0.5) is 0 Å². The highest BCUT2D eigenvalue weighted by atomic mass is 32.1. The maximum Gasteiger partial charge on any atom is 0.254 e. The molecule has 30 heavy (non-hydrogen) atoms. The molecule has 3 aromatic rings. The summed E-state index contributed by atoms with van der Waals surface area (Å²) in [6.07, 6.45) is 0.791. The van der Waals surface area contributed by atoms with E-state index in [1.54, 1.807) is 34.7 Å². The fourth-order valence-corrected chi connectivity index (χ4v) is 5.54. The van der Waals surface area contributed by atoms with Crippen molar-refractivity contribution in [1.29, 1.82) is 0 Å². The van der Waals surface area contributed by atoms with E-state index < -0.39 is 5.92 Å². The number of hydrogen-bond donors (Lipinski definition) is 1. The average molecular weight is 441 g/mol. The minimum Gasteiger partial charge on any atom is -0.383 e. The number of methoxy groups -OCH3 is 1. The van der Waals surface area contributed by atoms with Crippen molar-refractivity contribution in [2.45, 2.75) is 18.4 Å². The molecule has 2 atom stereocenters. The second-order valence-corrected chi connectivity index (χ2v) is 8.95. The minimum absolute atomic E-state index is 0.0500. The average Bonchev–Trinajstić information content (AvgIpc) is 3.47. The highest BCUT2D eigenvalue weighted by Gasteiger charge is 2.44. The molecule has 4 rings (SSSR count). The first kappa shape index (κ1) is 20.8. The van der Waals surface area contributed by atoms with Crippen LogP contribution in [0.15, 0.2) is 58.6 Å². The van der Waals surface area contributed by atoms with Crippen LogP contribution in [0.5, 0.6) is 0 Å². The third-order valence-corrected chi connectivity index (χ3v) is 7.06. The molecule has 0 saturated heterocycles. The Morgan fingerprint density at radius 2 is 2.03 bits per heavy atom. The van der Waals surface area contributed by atoms with E-state index in [4.69, 9.17) is 4.74 Å². The maximum absolute atomic E-state index is 13.4. The van der Waals surface area contributed by atoms with E-state index in [2.05, 4.69) is 16.8 Å². The zero-order chi connectivity index (χ0) is 20.9. The number of nitrogens with one attached hydrogen (secondary N) is 1. The number of nitrogens with zero attached hydrogens (tertiary/aromatic N) is 1. The van der Waals surface area contributed by atoms with Crippen molar-refractivity contribution in [3.63, 3.8) is 0 Å². The first-order valence-corrected chi connectivity index (χ1v) is 11.7. The fraction of sp³-hybridized carbons (Fsp3) is 0.304. The van der Waals surface area contributed by atoms with Crippen LogP contribution < -0.4 is 5.32 Å². The van der Waals surface area contributed by atoms with Crippen molar-refractivity contribution in [2.24, 2.45) is 0 Å². The molecule has 156 valence electrons. The molecular weight excluding hydrogens is 416 g/mol. The minimum atomic E-state index is -0.461. The lowest BCUT2D eigenvalue weighted by atomic mass is 9.81. The van der Waals surface area contributed by atoms with Crippen LogP contribution in [0.2, 0.25) is 0 Å². The summed E-state index contributed by atoms with van der Waals surface area (Å²) >= 11 is 3.23. The van der Waals surface area contributed by atoms with Gasteiger partial charge in [0.1, 0.15) is 0 Å². The Morgan fingerprint density at radius 3 is 2.77 bits per heavy atom. The van der Waals surface area contributed by atoms with E-state index in [1.807, 2.05) is 47.2 Å². The van der Waals surface area contributed by atoms with E-state index in [9.17, 15) is 9.59 Å². The lowest BCUT2D eigenvalue weighted by molar-refractivity contribution is -0.124. The summed E-state index contributed by atoms with van der Waals surface area (Å²) in [5.41, 5.74) is 2.61. The van der Waals surface area contributed by atoms with Crippen LogP contribution in [0.1, 0.15) is 38.3 Å². The molecule has 0 aliphatic carbocycles. The molecule has 2 aromatic heterocycles. The molecule has 5 nitrogen and oxygen atoms in total. The van der Waals surface area contributed by atoms with E-state index in [0.29, 0.717) is 25.3 Å². The van der Waals surface area contributed by atoms with Crippen LogP contribution in [-0.4, -0.2) is 43.5 Å². The predicted octanol–water partition coefficient (Wildman–Crippen LogP) is 4.10. The van der Waals surface area contributed by atoms with E-state index in [-0.39, 0.29) is 17.9 Å². The quantitative estimate of drug-likeness (QED) is 0.574. The van der Waals surface area contributed by atoms with Gasteiger partial charge in [-0.3, -0.25) is 9.59 Å². The lowest BCUT2D eigenvalue weighted by Gasteiger charge is -2.41. The number of ether oxygens (including phenoxy) is 1. The van der Waals surface area contributed by atoms with Gasteiger partial charge in [-0.2, -0.15) is 11.3 Å².